The molecule has 7 heteroatoms. The van der Waals surface area contributed by atoms with Gasteiger partial charge in [-0.05, 0) is 18.8 Å². The third-order valence-corrected chi connectivity index (χ3v) is 4.19. The van der Waals surface area contributed by atoms with Gasteiger partial charge in [0, 0.05) is 6.54 Å². The number of nitrogens with two attached hydrogens (primary N) is 1. The van der Waals surface area contributed by atoms with Crippen LogP contribution in [0.25, 0.3) is 0 Å². The third-order valence-electron chi connectivity index (χ3n) is 2.70. The molecular weight excluding hydrogens is 228 g/mol. The van der Waals surface area contributed by atoms with Crippen molar-refractivity contribution >= 4 is 15.8 Å². The number of H-pyrrole nitrogens is 1. The highest BCUT2D eigenvalue weighted by atomic mass is 32.2. The zero-order chi connectivity index (χ0) is 11.6. The van der Waals surface area contributed by atoms with Crippen LogP contribution in [0.2, 0.25) is 0 Å². The molecule has 90 valence electrons. The molecular formula is C9H16N4O2S. The number of sulfonamides is 1. The van der Waals surface area contributed by atoms with Crippen LogP contribution < -0.4 is 10.5 Å². The Morgan fingerprint density at radius 1 is 1.56 bits per heavy atom. The molecule has 1 heterocycles. The maximum atomic E-state index is 11.7. The van der Waals surface area contributed by atoms with Gasteiger partial charge in [0.05, 0.1) is 6.20 Å². The van der Waals surface area contributed by atoms with Crippen LogP contribution in [-0.2, 0) is 10.0 Å². The maximum Gasteiger partial charge on any atom is 0.245 e. The third kappa shape index (κ3) is 2.73. The number of aromatic nitrogens is 2. The van der Waals surface area contributed by atoms with Gasteiger partial charge < -0.3 is 5.73 Å². The van der Waals surface area contributed by atoms with E-state index in [2.05, 4.69) is 14.9 Å². The molecule has 2 rings (SSSR count). The first-order chi connectivity index (χ1) is 7.59. The first-order valence-electron chi connectivity index (χ1n) is 5.38. The topological polar surface area (TPSA) is 101 Å². The normalized spacial score (nSPS) is 16.5. The zero-order valence-corrected chi connectivity index (χ0v) is 9.76. The van der Waals surface area contributed by atoms with Crippen LogP contribution in [0.4, 0.5) is 5.82 Å². The minimum Gasteiger partial charge on any atom is -0.383 e. The van der Waals surface area contributed by atoms with Crippen molar-refractivity contribution in [1.29, 1.82) is 0 Å². The average Bonchev–Trinajstić information content (AvgIpc) is 2.94. The molecule has 0 atom stereocenters. The lowest BCUT2D eigenvalue weighted by Gasteiger charge is -2.04. The molecule has 0 aromatic carbocycles. The summed E-state index contributed by atoms with van der Waals surface area (Å²) >= 11 is 0. The molecule has 0 aliphatic heterocycles. The van der Waals surface area contributed by atoms with E-state index in [1.165, 1.54) is 19.0 Å². The van der Waals surface area contributed by atoms with Crippen molar-refractivity contribution in [3.63, 3.8) is 0 Å². The highest BCUT2D eigenvalue weighted by molar-refractivity contribution is 7.89. The predicted molar refractivity (Wildman–Crippen MR) is 60.1 cm³/mol. The van der Waals surface area contributed by atoms with E-state index >= 15 is 0 Å². The second-order valence-corrected chi connectivity index (χ2v) is 5.87. The van der Waals surface area contributed by atoms with Crippen LogP contribution in [0, 0.1) is 5.92 Å². The van der Waals surface area contributed by atoms with Gasteiger partial charge in [-0.3, -0.25) is 5.10 Å². The maximum absolute atomic E-state index is 11.7. The lowest BCUT2D eigenvalue weighted by molar-refractivity contribution is 0.573. The van der Waals surface area contributed by atoms with Crippen molar-refractivity contribution in [3.05, 3.63) is 6.20 Å². The van der Waals surface area contributed by atoms with Gasteiger partial charge in [-0.15, -0.1) is 0 Å². The first-order valence-corrected chi connectivity index (χ1v) is 6.86. The lowest BCUT2D eigenvalue weighted by Crippen LogP contribution is -2.25. The number of hydrogen-bond acceptors (Lipinski definition) is 4. The summed E-state index contributed by atoms with van der Waals surface area (Å²) in [5.41, 5.74) is 5.45. The number of aromatic amines is 1. The molecule has 0 saturated heterocycles. The van der Waals surface area contributed by atoms with Gasteiger partial charge in [-0.2, -0.15) is 5.10 Å². The summed E-state index contributed by atoms with van der Waals surface area (Å²) in [6.45, 7) is 0.462. The van der Waals surface area contributed by atoms with Crippen LogP contribution in [0.15, 0.2) is 11.1 Å². The van der Waals surface area contributed by atoms with E-state index in [1.54, 1.807) is 0 Å². The van der Waals surface area contributed by atoms with Gasteiger partial charge >= 0.3 is 0 Å². The molecule has 6 nitrogen and oxygen atoms in total. The minimum absolute atomic E-state index is 0.0268. The van der Waals surface area contributed by atoms with E-state index < -0.39 is 10.0 Å². The van der Waals surface area contributed by atoms with Gasteiger partial charge in [0.15, 0.2) is 0 Å². The second kappa shape index (κ2) is 4.42. The number of nitrogen functional groups attached to an aromatic ring is 1. The Morgan fingerprint density at radius 3 is 2.88 bits per heavy atom. The number of anilines is 1. The van der Waals surface area contributed by atoms with Crippen LogP contribution >= 0.6 is 0 Å². The van der Waals surface area contributed by atoms with Crippen molar-refractivity contribution in [3.8, 4) is 0 Å². The van der Waals surface area contributed by atoms with Crippen LogP contribution in [-0.4, -0.2) is 25.2 Å². The summed E-state index contributed by atoms with van der Waals surface area (Å²) in [5, 5.41) is 5.99. The molecule has 16 heavy (non-hydrogen) atoms. The molecule has 0 bridgehead atoms. The molecule has 1 aliphatic carbocycles. The van der Waals surface area contributed by atoms with Gasteiger partial charge in [0.2, 0.25) is 10.0 Å². The Labute approximate surface area is 94.7 Å². The highest BCUT2D eigenvalue weighted by Gasteiger charge is 2.22. The lowest BCUT2D eigenvalue weighted by atomic mass is 10.2. The molecule has 1 aromatic heterocycles. The van der Waals surface area contributed by atoms with Gasteiger partial charge in [0.1, 0.15) is 10.7 Å². The summed E-state index contributed by atoms with van der Waals surface area (Å²) in [4.78, 5) is 0.0268. The van der Waals surface area contributed by atoms with E-state index in [9.17, 15) is 8.42 Å². The van der Waals surface area contributed by atoms with E-state index in [0.717, 1.165) is 18.8 Å². The van der Waals surface area contributed by atoms with Gasteiger partial charge in [-0.1, -0.05) is 12.8 Å². The fourth-order valence-electron chi connectivity index (χ4n) is 1.58. The summed E-state index contributed by atoms with van der Waals surface area (Å²) in [5.74, 6) is 0.901. The molecule has 0 unspecified atom stereocenters. The molecule has 0 amide bonds. The Bertz CT molecular complexity index is 450. The van der Waals surface area contributed by atoms with E-state index in [1.807, 2.05) is 0 Å². The summed E-state index contributed by atoms with van der Waals surface area (Å²) in [6, 6.07) is 0. The van der Waals surface area contributed by atoms with Crippen LogP contribution in [0.3, 0.4) is 0 Å². The van der Waals surface area contributed by atoms with Crippen molar-refractivity contribution in [2.24, 2.45) is 5.92 Å². The predicted octanol–water partition coefficient (Wildman–Crippen LogP) is 0.460. The zero-order valence-electron chi connectivity index (χ0n) is 8.94. The number of nitrogens with zero attached hydrogens (tertiary/aromatic N) is 1. The van der Waals surface area contributed by atoms with Crippen molar-refractivity contribution < 1.29 is 8.42 Å². The van der Waals surface area contributed by atoms with Crippen LogP contribution in [0.5, 0.6) is 0 Å². The highest BCUT2D eigenvalue weighted by Crippen LogP contribution is 2.33. The molecule has 4 N–H and O–H groups in total. The van der Waals surface area contributed by atoms with Gasteiger partial charge in [0.25, 0.3) is 0 Å². The minimum atomic E-state index is -3.49. The van der Waals surface area contributed by atoms with E-state index in [4.69, 9.17) is 5.73 Å². The summed E-state index contributed by atoms with van der Waals surface area (Å²) in [6.07, 6.45) is 5.78. The second-order valence-electron chi connectivity index (χ2n) is 4.13. The molecule has 0 radical (unpaired) electrons. The number of nitrogens with one attached hydrogen (secondary N) is 2. The van der Waals surface area contributed by atoms with E-state index in [-0.39, 0.29) is 10.7 Å². The molecule has 1 saturated carbocycles. The SMILES string of the molecule is Nc1[nH]ncc1S(=O)(=O)NCCCC1CC1. The van der Waals surface area contributed by atoms with Crippen molar-refractivity contribution in [1.82, 2.24) is 14.9 Å². The first kappa shape index (κ1) is 11.4. The average molecular weight is 244 g/mol. The molecule has 1 aliphatic rings. The molecule has 1 fully saturated rings. The number of rotatable bonds is 6. The summed E-state index contributed by atoms with van der Waals surface area (Å²) in [7, 11) is -3.49. The Morgan fingerprint density at radius 2 is 2.31 bits per heavy atom. The smallest absolute Gasteiger partial charge is 0.245 e. The quantitative estimate of drug-likeness (QED) is 0.633. The fraction of sp³-hybridized carbons (Fsp3) is 0.667. The Hall–Kier alpha value is -1.08. The Balaban J connectivity index is 1.85. The Kier molecular flexibility index (Phi) is 3.15. The molecule has 1 aromatic rings. The van der Waals surface area contributed by atoms with Crippen LogP contribution in [0.1, 0.15) is 25.7 Å². The van der Waals surface area contributed by atoms with E-state index in [0.29, 0.717) is 6.54 Å². The standard InChI is InChI=1S/C9H16N4O2S/c10-9-8(6-11-13-9)16(14,15)12-5-1-2-7-3-4-7/h6-7,12H,1-5H2,(H3,10,11,13). The molecule has 0 spiro atoms. The summed E-state index contributed by atoms with van der Waals surface area (Å²) < 4.78 is 26.0. The fourth-order valence-corrected chi connectivity index (χ4v) is 2.68. The van der Waals surface area contributed by atoms with Crippen molar-refractivity contribution in [2.45, 2.75) is 30.6 Å². The largest absolute Gasteiger partial charge is 0.383 e. The van der Waals surface area contributed by atoms with Gasteiger partial charge in [-0.25, -0.2) is 13.1 Å². The van der Waals surface area contributed by atoms with Crippen molar-refractivity contribution in [2.75, 3.05) is 12.3 Å². The monoisotopic (exact) mass is 244 g/mol. The number of hydrogen-bond donors (Lipinski definition) is 3.